The molecule has 6 nitrogen and oxygen atoms in total. The zero-order chi connectivity index (χ0) is 31.1. The number of rotatable bonds is 3. The Morgan fingerprint density at radius 3 is 2.21 bits per heavy atom. The molecule has 0 heterocycles. The lowest BCUT2D eigenvalue weighted by molar-refractivity contribution is -0.237. The van der Waals surface area contributed by atoms with Crippen molar-refractivity contribution >= 4 is 11.8 Å². The van der Waals surface area contributed by atoms with Crippen LogP contribution < -0.4 is 5.73 Å². The Hall–Kier alpha value is -1.50. The number of nitrogens with two attached hydrogens (primary N) is 1. The Labute approximate surface area is 259 Å². The van der Waals surface area contributed by atoms with E-state index in [1.807, 2.05) is 6.92 Å². The number of carbonyl (C=O) groups is 2. The number of aliphatic hydroxyl groups excluding tert-OH is 2. The molecule has 0 aromatic heterocycles. The van der Waals surface area contributed by atoms with Gasteiger partial charge in [-0.2, -0.15) is 0 Å². The van der Waals surface area contributed by atoms with E-state index in [1.54, 1.807) is 18.1 Å². The maximum atomic E-state index is 13.7. The van der Waals surface area contributed by atoms with E-state index in [0.717, 1.165) is 56.1 Å². The van der Waals surface area contributed by atoms with Gasteiger partial charge in [0.2, 0.25) is 0 Å². The van der Waals surface area contributed by atoms with Crippen LogP contribution in [0.15, 0.2) is 22.3 Å². The number of hydrogen-bond acceptors (Lipinski definition) is 6. The molecule has 0 bridgehead atoms. The van der Waals surface area contributed by atoms with Crippen molar-refractivity contribution in [3.8, 4) is 0 Å². The smallest absolute Gasteiger partial charge is 0.303 e. The van der Waals surface area contributed by atoms with Gasteiger partial charge in [-0.25, -0.2) is 0 Å². The molecule has 4 N–H and O–H groups in total. The van der Waals surface area contributed by atoms with Crippen molar-refractivity contribution in [2.24, 2.45) is 45.7 Å². The van der Waals surface area contributed by atoms with Gasteiger partial charge >= 0.3 is 5.97 Å². The van der Waals surface area contributed by atoms with Crippen LogP contribution in [0.25, 0.3) is 0 Å². The average molecular weight is 596 g/mol. The summed E-state index contributed by atoms with van der Waals surface area (Å²) in [6, 6.07) is 0. The lowest BCUT2D eigenvalue weighted by Crippen LogP contribution is -2.71. The summed E-state index contributed by atoms with van der Waals surface area (Å²) in [7, 11) is 0. The van der Waals surface area contributed by atoms with Crippen LogP contribution in [0.4, 0.5) is 0 Å². The SMILES string of the molecule is CC(=O)O[C@H]1C[C@@]2(C)[C@@H](C[C@@H](O)[C@H]3[C@@]4(C)CC[C@@H](O)[C@](C)(N)[C@@H]4CC[C@@]32C)/C1=C(/C(C)=O)C1CCCC(=C2CCCC2)C1. The molecule has 6 fully saturated rings. The second kappa shape index (κ2) is 10.8. The van der Waals surface area contributed by atoms with Crippen molar-refractivity contribution in [2.45, 2.75) is 155 Å². The van der Waals surface area contributed by atoms with Crippen LogP contribution in [0.1, 0.15) is 131 Å². The monoisotopic (exact) mass is 595 g/mol. The van der Waals surface area contributed by atoms with Gasteiger partial charge in [0, 0.05) is 18.0 Å². The van der Waals surface area contributed by atoms with Crippen molar-refractivity contribution in [1.82, 2.24) is 0 Å². The van der Waals surface area contributed by atoms with Gasteiger partial charge < -0.3 is 20.7 Å². The van der Waals surface area contributed by atoms with Crippen molar-refractivity contribution in [3.63, 3.8) is 0 Å². The van der Waals surface area contributed by atoms with E-state index in [2.05, 4.69) is 20.8 Å². The number of hydrogen-bond donors (Lipinski definition) is 3. The summed E-state index contributed by atoms with van der Waals surface area (Å²) >= 11 is 0. The highest BCUT2D eigenvalue weighted by atomic mass is 16.5. The van der Waals surface area contributed by atoms with Crippen LogP contribution in [0.5, 0.6) is 0 Å². The summed E-state index contributed by atoms with van der Waals surface area (Å²) in [6.07, 6.45) is 12.2. The minimum Gasteiger partial charge on any atom is -0.458 e. The molecule has 6 heteroatoms. The van der Waals surface area contributed by atoms with E-state index >= 15 is 0 Å². The fourth-order valence-corrected chi connectivity index (χ4v) is 12.5. The number of esters is 1. The summed E-state index contributed by atoms with van der Waals surface area (Å²) in [4.78, 5) is 26.3. The van der Waals surface area contributed by atoms with E-state index < -0.39 is 23.9 Å². The Balaban J connectivity index is 1.45. The second-order valence-electron chi connectivity index (χ2n) is 16.6. The van der Waals surface area contributed by atoms with E-state index in [-0.39, 0.29) is 51.7 Å². The number of aliphatic hydroxyl groups is 2. The summed E-state index contributed by atoms with van der Waals surface area (Å²) in [5.41, 5.74) is 10.6. The maximum absolute atomic E-state index is 13.7. The Bertz CT molecular complexity index is 1230. The zero-order valence-corrected chi connectivity index (χ0v) is 27.6. The van der Waals surface area contributed by atoms with Crippen molar-refractivity contribution in [3.05, 3.63) is 22.3 Å². The van der Waals surface area contributed by atoms with E-state index in [1.165, 1.54) is 32.6 Å². The Kier molecular flexibility index (Phi) is 7.91. The number of carbonyl (C=O) groups excluding carboxylic acids is 2. The fraction of sp³-hybridized carbons (Fsp3) is 0.838. The van der Waals surface area contributed by atoms with E-state index in [0.29, 0.717) is 19.3 Å². The number of ether oxygens (including phenoxy) is 1. The molecule has 11 atom stereocenters. The molecule has 0 saturated heterocycles. The predicted molar refractivity (Wildman–Crippen MR) is 168 cm³/mol. The van der Waals surface area contributed by atoms with Crippen LogP contribution in [-0.4, -0.2) is 45.8 Å². The minimum absolute atomic E-state index is 0.0156. The van der Waals surface area contributed by atoms with E-state index in [4.69, 9.17) is 10.5 Å². The minimum atomic E-state index is -0.693. The van der Waals surface area contributed by atoms with Crippen molar-refractivity contribution in [1.29, 1.82) is 0 Å². The first-order chi connectivity index (χ1) is 20.1. The highest BCUT2D eigenvalue weighted by molar-refractivity contribution is 5.95. The normalized spacial score (nSPS) is 49.2. The molecule has 0 radical (unpaired) electrons. The summed E-state index contributed by atoms with van der Waals surface area (Å²) in [6.45, 7) is 12.3. The Morgan fingerprint density at radius 2 is 1.56 bits per heavy atom. The number of ketones is 1. The highest BCUT2D eigenvalue weighted by Crippen LogP contribution is 2.74. The largest absolute Gasteiger partial charge is 0.458 e. The first kappa shape index (κ1) is 31.5. The summed E-state index contributed by atoms with van der Waals surface area (Å²) in [5, 5.41) is 23.2. The fourth-order valence-electron chi connectivity index (χ4n) is 12.5. The molecule has 6 aliphatic rings. The molecule has 0 amide bonds. The molecule has 0 aromatic rings. The maximum Gasteiger partial charge on any atom is 0.303 e. The predicted octanol–water partition coefficient (Wildman–Crippen LogP) is 6.57. The summed E-state index contributed by atoms with van der Waals surface area (Å²) in [5.74, 6) is 0.0737. The molecule has 0 aromatic carbocycles. The third-order valence-corrected chi connectivity index (χ3v) is 14.5. The van der Waals surface area contributed by atoms with Crippen LogP contribution in [0.3, 0.4) is 0 Å². The van der Waals surface area contributed by atoms with Gasteiger partial charge in [-0.3, -0.25) is 9.59 Å². The lowest BCUT2D eigenvalue weighted by atomic mass is 9.36. The topological polar surface area (TPSA) is 110 Å². The van der Waals surface area contributed by atoms with Gasteiger partial charge in [-0.1, -0.05) is 31.9 Å². The number of fused-ring (bicyclic) bond motifs is 5. The van der Waals surface area contributed by atoms with Crippen molar-refractivity contribution in [2.75, 3.05) is 0 Å². The zero-order valence-electron chi connectivity index (χ0n) is 27.6. The van der Waals surface area contributed by atoms with Crippen molar-refractivity contribution < 1.29 is 24.5 Å². The standard InChI is InChI=1S/C37H57NO5/c1-21(39)31(25-13-9-12-24(18-25)23-10-7-8-11-23)32-26-19-27(41)33-34(3)16-15-30(42)37(6,38)29(34)14-17-35(33,4)36(26,5)20-28(32)43-22(2)40/h25-30,33,41-42H,7-20,38H2,1-6H3/b32-31+/t25?,26-,27+,28-,29+,30+,33-,34-,35-,36-,37+/m0/s1. The third kappa shape index (κ3) is 4.66. The average Bonchev–Trinajstić information content (AvgIpc) is 3.55. The van der Waals surface area contributed by atoms with Gasteiger partial charge in [-0.05, 0) is 149 Å². The van der Waals surface area contributed by atoms with Gasteiger partial charge in [0.15, 0.2) is 5.78 Å². The Morgan fingerprint density at radius 1 is 0.884 bits per heavy atom. The highest BCUT2D eigenvalue weighted by Gasteiger charge is 2.72. The van der Waals surface area contributed by atoms with Gasteiger partial charge in [0.25, 0.3) is 0 Å². The third-order valence-electron chi connectivity index (χ3n) is 14.5. The number of Topliss-reactive ketones (excluding diaryl/α,β-unsaturated/α-hetero) is 1. The van der Waals surface area contributed by atoms with E-state index in [9.17, 15) is 19.8 Å². The van der Waals surface area contributed by atoms with Crippen LogP contribution in [0.2, 0.25) is 0 Å². The van der Waals surface area contributed by atoms with Gasteiger partial charge in [-0.15, -0.1) is 0 Å². The van der Waals surface area contributed by atoms with Crippen LogP contribution in [0, 0.1) is 39.9 Å². The lowest BCUT2D eigenvalue weighted by Gasteiger charge is -2.70. The molecule has 6 rings (SSSR count). The molecule has 6 saturated carbocycles. The number of allylic oxidation sites excluding steroid dienone is 3. The molecular formula is C37H57NO5. The van der Waals surface area contributed by atoms with Crippen LogP contribution >= 0.6 is 0 Å². The molecule has 0 aliphatic heterocycles. The van der Waals surface area contributed by atoms with Gasteiger partial charge in [0.05, 0.1) is 12.2 Å². The second-order valence-corrected chi connectivity index (χ2v) is 16.6. The quantitative estimate of drug-likeness (QED) is 0.194. The summed E-state index contributed by atoms with van der Waals surface area (Å²) < 4.78 is 6.17. The van der Waals surface area contributed by atoms with Crippen LogP contribution in [-0.2, 0) is 14.3 Å². The van der Waals surface area contributed by atoms with Gasteiger partial charge in [0.1, 0.15) is 6.10 Å². The molecule has 1 unspecified atom stereocenters. The first-order valence-corrected chi connectivity index (χ1v) is 17.4. The molecule has 6 aliphatic carbocycles. The molecule has 43 heavy (non-hydrogen) atoms. The molecular weight excluding hydrogens is 538 g/mol. The molecule has 240 valence electrons. The molecule has 0 spiro atoms. The first-order valence-electron chi connectivity index (χ1n) is 17.4.